The van der Waals surface area contributed by atoms with Crippen molar-refractivity contribution in [3.63, 3.8) is 0 Å². The number of carbonyl (C=O) groups excluding carboxylic acids is 2. The topological polar surface area (TPSA) is 75.4 Å². The van der Waals surface area contributed by atoms with E-state index >= 15 is 0 Å². The van der Waals surface area contributed by atoms with E-state index in [2.05, 4.69) is 25.9 Å². The first-order chi connectivity index (χ1) is 12.1. The summed E-state index contributed by atoms with van der Waals surface area (Å²) in [5.41, 5.74) is 0.721. The molecule has 7 nitrogen and oxygen atoms in total. The fourth-order valence-electron chi connectivity index (χ4n) is 2.82. The standard InChI is InChI=1S/C17H14BrN3O4/c18-14-9-11(25-17(14)20-5-7-24-8-6-20)10-19-21-15(22)12-3-1-2-4-13(12)16(21)23/h1-4,9-10H,5-8H2/b19-10-. The Hall–Kier alpha value is -2.45. The van der Waals surface area contributed by atoms with Gasteiger partial charge in [0.2, 0.25) is 5.88 Å². The number of hydrogen-bond donors (Lipinski definition) is 0. The van der Waals surface area contributed by atoms with Crippen LogP contribution < -0.4 is 4.90 Å². The number of nitrogens with zero attached hydrogens (tertiary/aromatic N) is 3. The van der Waals surface area contributed by atoms with E-state index in [0.717, 1.165) is 22.6 Å². The molecule has 0 aliphatic carbocycles. The molecule has 1 aromatic heterocycles. The molecule has 2 aromatic rings. The van der Waals surface area contributed by atoms with Crippen LogP contribution in [0.15, 0.2) is 44.3 Å². The number of halogens is 1. The third-order valence-corrected chi connectivity index (χ3v) is 4.63. The Balaban J connectivity index is 1.55. The molecule has 2 aliphatic rings. The van der Waals surface area contributed by atoms with Crippen LogP contribution in [-0.2, 0) is 4.74 Å². The predicted molar refractivity (Wildman–Crippen MR) is 94.0 cm³/mol. The van der Waals surface area contributed by atoms with Gasteiger partial charge in [-0.1, -0.05) is 12.1 Å². The van der Waals surface area contributed by atoms with Gasteiger partial charge in [0, 0.05) is 19.2 Å². The molecule has 1 aromatic carbocycles. The maximum Gasteiger partial charge on any atom is 0.282 e. The molecule has 2 amide bonds. The second kappa shape index (κ2) is 6.45. The molecule has 25 heavy (non-hydrogen) atoms. The van der Waals surface area contributed by atoms with Crippen molar-refractivity contribution in [2.45, 2.75) is 0 Å². The molecule has 4 rings (SSSR count). The minimum Gasteiger partial charge on any atom is -0.438 e. The van der Waals surface area contributed by atoms with Gasteiger partial charge in [-0.2, -0.15) is 10.1 Å². The Morgan fingerprint density at radius 1 is 1.08 bits per heavy atom. The average molecular weight is 404 g/mol. The van der Waals surface area contributed by atoms with Crippen LogP contribution in [0.3, 0.4) is 0 Å². The van der Waals surface area contributed by atoms with Gasteiger partial charge in [-0.05, 0) is 28.1 Å². The van der Waals surface area contributed by atoms with Gasteiger partial charge in [-0.15, -0.1) is 0 Å². The molecule has 0 N–H and O–H groups in total. The molecule has 0 spiro atoms. The zero-order valence-electron chi connectivity index (χ0n) is 13.1. The molecule has 0 unspecified atom stereocenters. The van der Waals surface area contributed by atoms with E-state index in [0.29, 0.717) is 36.0 Å². The summed E-state index contributed by atoms with van der Waals surface area (Å²) in [7, 11) is 0. The van der Waals surface area contributed by atoms with E-state index in [-0.39, 0.29) is 0 Å². The number of carbonyl (C=O) groups is 2. The van der Waals surface area contributed by atoms with Crippen molar-refractivity contribution in [2.75, 3.05) is 31.2 Å². The molecule has 8 heteroatoms. The maximum atomic E-state index is 12.3. The quantitative estimate of drug-likeness (QED) is 0.581. The van der Waals surface area contributed by atoms with Gasteiger partial charge >= 0.3 is 0 Å². The Bertz CT molecular complexity index is 836. The van der Waals surface area contributed by atoms with Crippen LogP contribution in [-0.4, -0.2) is 49.3 Å². The zero-order chi connectivity index (χ0) is 17.4. The van der Waals surface area contributed by atoms with Crippen molar-refractivity contribution in [1.82, 2.24) is 5.01 Å². The van der Waals surface area contributed by atoms with Gasteiger partial charge in [0.05, 0.1) is 35.0 Å². The average Bonchev–Trinajstić information content (AvgIpc) is 3.13. The summed E-state index contributed by atoms with van der Waals surface area (Å²) in [4.78, 5) is 26.6. The second-order valence-corrected chi connectivity index (χ2v) is 6.47. The summed E-state index contributed by atoms with van der Waals surface area (Å²) in [5.74, 6) is 0.267. The molecule has 2 aliphatic heterocycles. The SMILES string of the molecule is O=C1c2ccccc2C(=O)N1/N=C\c1cc(Br)c(N2CCOCC2)o1. The van der Waals surface area contributed by atoms with Crippen LogP contribution in [0.25, 0.3) is 0 Å². The smallest absolute Gasteiger partial charge is 0.282 e. The third-order valence-electron chi connectivity index (χ3n) is 4.06. The number of hydrazone groups is 1. The first-order valence-corrected chi connectivity index (χ1v) is 8.58. The van der Waals surface area contributed by atoms with E-state index in [9.17, 15) is 9.59 Å². The lowest BCUT2D eigenvalue weighted by molar-refractivity contribution is 0.0660. The van der Waals surface area contributed by atoms with Gasteiger partial charge < -0.3 is 14.1 Å². The van der Waals surface area contributed by atoms with E-state index in [4.69, 9.17) is 9.15 Å². The van der Waals surface area contributed by atoms with Crippen molar-refractivity contribution >= 4 is 39.8 Å². The molecule has 1 saturated heterocycles. The van der Waals surface area contributed by atoms with E-state index in [1.807, 2.05) is 0 Å². The molecule has 1 fully saturated rings. The summed E-state index contributed by atoms with van der Waals surface area (Å²) in [6, 6.07) is 8.42. The van der Waals surface area contributed by atoms with Crippen molar-refractivity contribution < 1.29 is 18.7 Å². The second-order valence-electron chi connectivity index (χ2n) is 5.61. The van der Waals surface area contributed by atoms with E-state index in [1.54, 1.807) is 30.3 Å². The van der Waals surface area contributed by atoms with Gasteiger partial charge in [0.1, 0.15) is 0 Å². The molecule has 0 atom stereocenters. The fourth-order valence-corrected chi connectivity index (χ4v) is 3.38. The third kappa shape index (κ3) is 2.87. The van der Waals surface area contributed by atoms with E-state index < -0.39 is 11.8 Å². The van der Waals surface area contributed by atoms with Crippen LogP contribution in [0, 0.1) is 0 Å². The lowest BCUT2D eigenvalue weighted by atomic mass is 10.1. The van der Waals surface area contributed by atoms with Crippen LogP contribution in [0.2, 0.25) is 0 Å². The summed E-state index contributed by atoms with van der Waals surface area (Å²) in [6.45, 7) is 2.76. The summed E-state index contributed by atoms with van der Waals surface area (Å²) >= 11 is 3.47. The van der Waals surface area contributed by atoms with Gasteiger partial charge in [-0.25, -0.2) is 0 Å². The lowest BCUT2D eigenvalue weighted by Gasteiger charge is -2.26. The Morgan fingerprint density at radius 2 is 1.72 bits per heavy atom. The highest BCUT2D eigenvalue weighted by Crippen LogP contribution is 2.30. The highest BCUT2D eigenvalue weighted by molar-refractivity contribution is 9.10. The highest BCUT2D eigenvalue weighted by atomic mass is 79.9. The molecule has 0 saturated carbocycles. The number of hydrogen-bond acceptors (Lipinski definition) is 6. The number of imide groups is 1. The molecule has 128 valence electrons. The summed E-state index contributed by atoms with van der Waals surface area (Å²) in [5, 5.41) is 4.88. The zero-order valence-corrected chi connectivity index (χ0v) is 14.7. The van der Waals surface area contributed by atoms with Gasteiger partial charge in [0.15, 0.2) is 5.76 Å². The van der Waals surface area contributed by atoms with Crippen LogP contribution in [0.1, 0.15) is 26.5 Å². The van der Waals surface area contributed by atoms with Gasteiger partial charge in [-0.3, -0.25) is 9.59 Å². The first kappa shape index (κ1) is 16.0. The van der Waals surface area contributed by atoms with E-state index in [1.165, 1.54) is 6.21 Å². The predicted octanol–water partition coefficient (Wildman–Crippen LogP) is 2.51. The van der Waals surface area contributed by atoms with Gasteiger partial charge in [0.25, 0.3) is 11.8 Å². The lowest BCUT2D eigenvalue weighted by Crippen LogP contribution is -2.36. The summed E-state index contributed by atoms with van der Waals surface area (Å²) in [6.07, 6.45) is 1.37. The van der Waals surface area contributed by atoms with Crippen molar-refractivity contribution in [3.05, 3.63) is 51.7 Å². The number of amides is 2. The minimum absolute atomic E-state index is 0.360. The largest absolute Gasteiger partial charge is 0.438 e. The van der Waals surface area contributed by atoms with Crippen LogP contribution >= 0.6 is 15.9 Å². The fraction of sp³-hybridized carbons (Fsp3) is 0.235. The van der Waals surface area contributed by atoms with Crippen molar-refractivity contribution in [1.29, 1.82) is 0 Å². The number of morpholine rings is 1. The van der Waals surface area contributed by atoms with Crippen molar-refractivity contribution in [2.24, 2.45) is 5.10 Å². The number of ether oxygens (including phenoxy) is 1. The monoisotopic (exact) mass is 403 g/mol. The first-order valence-electron chi connectivity index (χ1n) is 7.79. The Labute approximate surface area is 152 Å². The number of rotatable bonds is 3. The highest BCUT2D eigenvalue weighted by Gasteiger charge is 2.35. The number of furan rings is 1. The number of anilines is 1. The summed E-state index contributed by atoms with van der Waals surface area (Å²) < 4.78 is 11.9. The molecular weight excluding hydrogens is 390 g/mol. The number of benzene rings is 1. The molecule has 0 radical (unpaired) electrons. The minimum atomic E-state index is -0.434. The molecule has 3 heterocycles. The molecule has 0 bridgehead atoms. The maximum absolute atomic E-state index is 12.3. The number of fused-ring (bicyclic) bond motifs is 1. The Morgan fingerprint density at radius 3 is 2.36 bits per heavy atom. The Kier molecular flexibility index (Phi) is 4.14. The van der Waals surface area contributed by atoms with Crippen molar-refractivity contribution in [3.8, 4) is 0 Å². The van der Waals surface area contributed by atoms with Crippen LogP contribution in [0.5, 0.6) is 0 Å². The van der Waals surface area contributed by atoms with Crippen LogP contribution in [0.4, 0.5) is 5.88 Å². The normalized spacial score (nSPS) is 17.6. The molecular formula is C17H14BrN3O4.